The Hall–Kier alpha value is -1.44. The van der Waals surface area contributed by atoms with Gasteiger partial charge in [0.1, 0.15) is 0 Å². The van der Waals surface area contributed by atoms with Gasteiger partial charge < -0.3 is 11.1 Å². The van der Waals surface area contributed by atoms with Crippen molar-refractivity contribution in [1.29, 1.82) is 0 Å². The first-order valence-electron chi connectivity index (χ1n) is 8.85. The van der Waals surface area contributed by atoms with Crippen LogP contribution in [-0.4, -0.2) is 27.9 Å². The number of benzene rings is 1. The number of hydrogen-bond donors (Lipinski definition) is 3. The molecule has 1 fully saturated rings. The van der Waals surface area contributed by atoms with Gasteiger partial charge in [-0.15, -0.1) is 0 Å². The molecule has 140 valence electrons. The second-order valence-corrected chi connectivity index (χ2v) is 8.89. The van der Waals surface area contributed by atoms with Crippen LogP contribution in [0.1, 0.15) is 57.1 Å². The van der Waals surface area contributed by atoms with Crippen LogP contribution >= 0.6 is 0 Å². The molecule has 1 aliphatic rings. The topological polar surface area (TPSA) is 101 Å². The lowest BCUT2D eigenvalue weighted by Crippen LogP contribution is -2.39. The maximum Gasteiger partial charge on any atom is 0.240 e. The molecule has 0 aromatic heterocycles. The Kier molecular flexibility index (Phi) is 6.59. The van der Waals surface area contributed by atoms with E-state index < -0.39 is 10.0 Å². The number of amides is 1. The number of hydrogen-bond acceptors (Lipinski definition) is 4. The van der Waals surface area contributed by atoms with E-state index in [-0.39, 0.29) is 22.3 Å². The van der Waals surface area contributed by atoms with Crippen molar-refractivity contribution in [2.24, 2.45) is 11.1 Å². The fraction of sp³-hybridized carbons (Fsp3) is 0.611. The van der Waals surface area contributed by atoms with Crippen LogP contribution in [0.2, 0.25) is 0 Å². The van der Waals surface area contributed by atoms with E-state index in [4.69, 9.17) is 5.73 Å². The normalized spacial score (nSPS) is 18.5. The smallest absolute Gasteiger partial charge is 0.240 e. The first kappa shape index (κ1) is 19.9. The van der Waals surface area contributed by atoms with E-state index in [2.05, 4.69) is 10.0 Å². The molecule has 1 aliphatic carbocycles. The Balaban J connectivity index is 1.99. The van der Waals surface area contributed by atoms with Gasteiger partial charge in [0, 0.05) is 6.42 Å². The average molecular weight is 368 g/mol. The van der Waals surface area contributed by atoms with E-state index in [1.165, 1.54) is 13.5 Å². The van der Waals surface area contributed by atoms with Crippen molar-refractivity contribution in [2.75, 3.05) is 13.6 Å². The average Bonchev–Trinajstić information content (AvgIpc) is 2.62. The van der Waals surface area contributed by atoms with Gasteiger partial charge >= 0.3 is 0 Å². The van der Waals surface area contributed by atoms with Gasteiger partial charge in [-0.1, -0.05) is 31.4 Å². The summed E-state index contributed by atoms with van der Waals surface area (Å²) < 4.78 is 25.8. The van der Waals surface area contributed by atoms with Crippen LogP contribution in [-0.2, 0) is 14.8 Å². The number of carbonyl (C=O) groups is 1. The molecular formula is C18H29N3O3S. The molecule has 1 amide bonds. The predicted molar refractivity (Wildman–Crippen MR) is 98.4 cm³/mol. The quantitative estimate of drug-likeness (QED) is 0.686. The monoisotopic (exact) mass is 367 g/mol. The molecule has 4 N–H and O–H groups in total. The van der Waals surface area contributed by atoms with Crippen LogP contribution in [0.5, 0.6) is 0 Å². The van der Waals surface area contributed by atoms with Crippen molar-refractivity contribution in [3.05, 3.63) is 29.8 Å². The maximum atomic E-state index is 12.5. The number of nitrogens with two attached hydrogens (primary N) is 1. The van der Waals surface area contributed by atoms with Crippen molar-refractivity contribution in [2.45, 2.75) is 56.4 Å². The fourth-order valence-corrected chi connectivity index (χ4v) is 4.25. The van der Waals surface area contributed by atoms with Crippen molar-refractivity contribution in [3.8, 4) is 0 Å². The minimum Gasteiger partial charge on any atom is -0.350 e. The third-order valence-corrected chi connectivity index (χ3v) is 6.65. The molecule has 1 aromatic carbocycles. The van der Waals surface area contributed by atoms with Crippen molar-refractivity contribution >= 4 is 15.9 Å². The van der Waals surface area contributed by atoms with Crippen LogP contribution in [0.4, 0.5) is 0 Å². The SMILES string of the molecule is CNS(=O)(=O)c1ccc(C(C)NC(=O)CC2(CN)CCCCC2)cc1. The van der Waals surface area contributed by atoms with Crippen molar-refractivity contribution < 1.29 is 13.2 Å². The second kappa shape index (κ2) is 8.29. The Morgan fingerprint density at radius 2 is 1.80 bits per heavy atom. The van der Waals surface area contributed by atoms with Gasteiger partial charge in [0.15, 0.2) is 0 Å². The summed E-state index contributed by atoms with van der Waals surface area (Å²) in [5.74, 6) is 0.00627. The Morgan fingerprint density at radius 1 is 1.20 bits per heavy atom. The highest BCUT2D eigenvalue weighted by atomic mass is 32.2. The molecule has 0 saturated heterocycles. The molecule has 2 rings (SSSR count). The summed E-state index contributed by atoms with van der Waals surface area (Å²) >= 11 is 0. The van der Waals surface area contributed by atoms with Gasteiger partial charge in [0.2, 0.25) is 15.9 Å². The third-order valence-electron chi connectivity index (χ3n) is 5.22. The lowest BCUT2D eigenvalue weighted by molar-refractivity contribution is -0.124. The number of sulfonamides is 1. The molecule has 1 aromatic rings. The summed E-state index contributed by atoms with van der Waals surface area (Å²) in [6, 6.07) is 6.37. The molecule has 25 heavy (non-hydrogen) atoms. The standard InChI is InChI=1S/C18H29N3O3S/c1-14(15-6-8-16(9-7-15)25(23,24)20-2)21-17(22)12-18(13-19)10-4-3-5-11-18/h6-9,14,20H,3-5,10-13,19H2,1-2H3,(H,21,22). The molecule has 0 radical (unpaired) electrons. The van der Waals surface area contributed by atoms with Gasteiger partial charge in [-0.25, -0.2) is 13.1 Å². The van der Waals surface area contributed by atoms with Crippen LogP contribution in [0.15, 0.2) is 29.2 Å². The number of rotatable bonds is 7. The molecule has 7 heteroatoms. The summed E-state index contributed by atoms with van der Waals surface area (Å²) in [6.45, 7) is 2.45. The Labute approximate surface area is 150 Å². The zero-order valence-corrected chi connectivity index (χ0v) is 15.9. The summed E-state index contributed by atoms with van der Waals surface area (Å²) in [5, 5.41) is 3.02. The Bertz CT molecular complexity index is 680. The number of carbonyl (C=O) groups excluding carboxylic acids is 1. The molecule has 6 nitrogen and oxygen atoms in total. The summed E-state index contributed by atoms with van der Waals surface area (Å²) in [4.78, 5) is 12.7. The summed E-state index contributed by atoms with van der Waals surface area (Å²) in [7, 11) is -2.07. The maximum absolute atomic E-state index is 12.5. The molecule has 0 heterocycles. The lowest BCUT2D eigenvalue weighted by Gasteiger charge is -2.36. The lowest BCUT2D eigenvalue weighted by atomic mass is 9.71. The molecule has 0 spiro atoms. The van der Waals surface area contributed by atoms with E-state index in [0.29, 0.717) is 13.0 Å². The highest BCUT2D eigenvalue weighted by molar-refractivity contribution is 7.89. The Morgan fingerprint density at radius 3 is 2.32 bits per heavy atom. The number of nitrogens with one attached hydrogen (secondary N) is 2. The highest BCUT2D eigenvalue weighted by Gasteiger charge is 2.33. The van der Waals surface area contributed by atoms with Gasteiger partial charge in [-0.3, -0.25) is 4.79 Å². The van der Waals surface area contributed by atoms with Crippen molar-refractivity contribution in [3.63, 3.8) is 0 Å². The summed E-state index contributed by atoms with van der Waals surface area (Å²) in [5.41, 5.74) is 6.76. The van der Waals surface area contributed by atoms with Crippen LogP contribution < -0.4 is 15.8 Å². The van der Waals surface area contributed by atoms with E-state index in [1.54, 1.807) is 24.3 Å². The molecular weight excluding hydrogens is 338 g/mol. The minimum atomic E-state index is -3.45. The molecule has 0 aliphatic heterocycles. The third kappa shape index (κ3) is 5.03. The zero-order chi connectivity index (χ0) is 18.5. The summed E-state index contributed by atoms with van der Waals surface area (Å²) in [6.07, 6.45) is 5.99. The van der Waals surface area contributed by atoms with E-state index in [0.717, 1.165) is 31.2 Å². The predicted octanol–water partition coefficient (Wildman–Crippen LogP) is 2.07. The molecule has 0 bridgehead atoms. The van der Waals surface area contributed by atoms with Crippen molar-refractivity contribution in [1.82, 2.24) is 10.0 Å². The van der Waals surface area contributed by atoms with Crippen LogP contribution in [0, 0.1) is 5.41 Å². The van der Waals surface area contributed by atoms with E-state index >= 15 is 0 Å². The molecule has 1 unspecified atom stereocenters. The first-order valence-corrected chi connectivity index (χ1v) is 10.3. The molecule has 1 saturated carbocycles. The van der Waals surface area contributed by atoms with Gasteiger partial charge in [0.25, 0.3) is 0 Å². The van der Waals surface area contributed by atoms with E-state index in [1.807, 2.05) is 6.92 Å². The van der Waals surface area contributed by atoms with Crippen LogP contribution in [0.25, 0.3) is 0 Å². The highest BCUT2D eigenvalue weighted by Crippen LogP contribution is 2.38. The first-order chi connectivity index (χ1) is 11.8. The van der Waals surface area contributed by atoms with E-state index in [9.17, 15) is 13.2 Å². The van der Waals surface area contributed by atoms with Gasteiger partial charge in [0.05, 0.1) is 10.9 Å². The zero-order valence-electron chi connectivity index (χ0n) is 15.0. The van der Waals surface area contributed by atoms with Gasteiger partial charge in [-0.2, -0.15) is 0 Å². The molecule has 1 atom stereocenters. The second-order valence-electron chi connectivity index (χ2n) is 7.01. The van der Waals surface area contributed by atoms with Crippen LogP contribution in [0.3, 0.4) is 0 Å². The minimum absolute atomic E-state index is 0.00627. The largest absolute Gasteiger partial charge is 0.350 e. The van der Waals surface area contributed by atoms with Gasteiger partial charge in [-0.05, 0) is 56.5 Å². The fourth-order valence-electron chi connectivity index (χ4n) is 3.52.